The van der Waals surface area contributed by atoms with Crippen molar-refractivity contribution in [1.29, 1.82) is 0 Å². The Kier molecular flexibility index (Phi) is 1190. The number of hydrogen-bond acceptors (Lipinski definition) is 0. The fraction of sp³-hybridized carbons (Fsp3) is 0. The topological polar surface area (TPSA) is 85.5 Å². The maximum atomic E-state index is 0. The van der Waals surface area contributed by atoms with E-state index in [2.05, 4.69) is 0 Å². The first-order chi connectivity index (χ1) is 0. The molecule has 3 nitrogen and oxygen atoms in total. The molecule has 0 fully saturated rings. The second-order valence-corrected chi connectivity index (χ2v) is 0. The molecule has 0 bridgehead atoms. The van der Waals surface area contributed by atoms with E-state index >= 15 is 0 Å². The zero-order valence-electron chi connectivity index (χ0n) is 3.72. The Morgan fingerprint density at radius 1 is 0.500 bits per heavy atom. The number of rotatable bonds is 0. The van der Waals surface area contributed by atoms with Crippen LogP contribution in [0.3, 0.4) is 0 Å². The van der Waals surface area contributed by atoms with Gasteiger partial charge in [0.1, 0.15) is 0 Å². The molecule has 0 atom stereocenters. The van der Waals surface area contributed by atoms with E-state index in [1.165, 1.54) is 0 Å². The maximum absolute atomic E-state index is 0. The molecule has 0 aromatic rings. The molecular formula is Li2O3Sn. The average Bonchev–Trinajstić information content (AvgIpc) is 0. The van der Waals surface area contributed by atoms with Gasteiger partial charge in [-0.3, -0.25) is 0 Å². The predicted molar refractivity (Wildman–Crippen MR) is 7.81 cm³/mol. The van der Waals surface area contributed by atoms with E-state index in [0.29, 0.717) is 0 Å². The van der Waals surface area contributed by atoms with Crippen molar-refractivity contribution in [2.45, 2.75) is 0 Å². The second-order valence-electron chi connectivity index (χ2n) is 0. The molecule has 0 aliphatic carbocycles. The molecule has 0 amide bonds. The normalized spacial score (nSPS) is 0. The Balaban J connectivity index is 0. The van der Waals surface area contributed by atoms with Crippen LogP contribution in [-0.2, 0) is 16.4 Å². The molecule has 0 aromatic heterocycles. The molecule has 0 N–H and O–H groups in total. The maximum Gasteiger partial charge on any atom is 4.00 e. The van der Waals surface area contributed by atoms with Gasteiger partial charge in [0.2, 0.25) is 0 Å². The van der Waals surface area contributed by atoms with E-state index in [-0.39, 0.29) is 78.1 Å². The van der Waals surface area contributed by atoms with Gasteiger partial charge in [0.25, 0.3) is 0 Å². The molecular weight excluding hydrogens is 181 g/mol. The van der Waals surface area contributed by atoms with E-state index in [1.54, 1.807) is 0 Å². The van der Waals surface area contributed by atoms with Crippen molar-refractivity contribution in [3.63, 3.8) is 0 Å². The van der Waals surface area contributed by atoms with Crippen LogP contribution in [0, 0.1) is 0 Å². The van der Waals surface area contributed by atoms with Crippen LogP contribution in [0.1, 0.15) is 0 Å². The molecule has 0 aliphatic heterocycles. The van der Waals surface area contributed by atoms with Crippen LogP contribution in [0.5, 0.6) is 0 Å². The van der Waals surface area contributed by atoms with Gasteiger partial charge in [0.15, 0.2) is 0 Å². The average molecular weight is 181 g/mol. The van der Waals surface area contributed by atoms with Crippen LogP contribution in [0.15, 0.2) is 0 Å². The first-order valence-corrected chi connectivity index (χ1v) is 0. The molecule has 0 rings (SSSR count). The SMILES string of the molecule is [Li+].[Li+].[O-2].[O-2].[O-2].[Sn+4]. The molecule has 0 aliphatic rings. The Morgan fingerprint density at radius 3 is 0.500 bits per heavy atom. The molecule has 0 spiro atoms. The zero-order valence-corrected chi connectivity index (χ0v) is 6.58. The quantitative estimate of drug-likeness (QED) is 0.332. The largest absolute Gasteiger partial charge is 4.00 e. The minimum atomic E-state index is 0. The molecule has 24 valence electrons. The monoisotopic (exact) mass is 182 g/mol. The summed E-state index contributed by atoms with van der Waals surface area (Å²) in [7, 11) is 0. The summed E-state index contributed by atoms with van der Waals surface area (Å²) < 4.78 is 0. The first-order valence-electron chi connectivity index (χ1n) is 0. The van der Waals surface area contributed by atoms with Crippen molar-refractivity contribution >= 4 is 23.9 Å². The van der Waals surface area contributed by atoms with E-state index in [4.69, 9.17) is 0 Å². The summed E-state index contributed by atoms with van der Waals surface area (Å²) in [6, 6.07) is 0. The van der Waals surface area contributed by atoms with Crippen molar-refractivity contribution in [2.24, 2.45) is 0 Å². The molecule has 0 unspecified atom stereocenters. The van der Waals surface area contributed by atoms with E-state index in [9.17, 15) is 0 Å². The van der Waals surface area contributed by atoms with Crippen molar-refractivity contribution in [3.8, 4) is 0 Å². The standard InChI is InChI=1S/2Li.3O.Sn/q2*+1;3*-2;+4. The smallest absolute Gasteiger partial charge is 2.00 e. The predicted octanol–water partition coefficient (Wildman–Crippen LogP) is -6.73. The fourth-order valence-corrected chi connectivity index (χ4v) is 0. The van der Waals surface area contributed by atoms with Gasteiger partial charge in [-0.05, 0) is 0 Å². The summed E-state index contributed by atoms with van der Waals surface area (Å²) in [6.45, 7) is 0. The minimum Gasteiger partial charge on any atom is -2.00 e. The third-order valence-electron chi connectivity index (χ3n) is 0. The van der Waals surface area contributed by atoms with Gasteiger partial charge in [-0.15, -0.1) is 0 Å². The summed E-state index contributed by atoms with van der Waals surface area (Å²) in [6.07, 6.45) is 0. The Bertz CT molecular complexity index is 8.75. The second kappa shape index (κ2) is 67.6. The zero-order chi connectivity index (χ0) is 0. The van der Waals surface area contributed by atoms with Crippen LogP contribution in [-0.4, -0.2) is 23.9 Å². The Hall–Kier alpha value is 1.87. The van der Waals surface area contributed by atoms with Gasteiger partial charge in [-0.2, -0.15) is 0 Å². The van der Waals surface area contributed by atoms with Crippen LogP contribution in [0.2, 0.25) is 0 Å². The van der Waals surface area contributed by atoms with Crippen LogP contribution < -0.4 is 37.7 Å². The molecule has 0 saturated carbocycles. The summed E-state index contributed by atoms with van der Waals surface area (Å²) >= 11 is 0. The van der Waals surface area contributed by atoms with Crippen LogP contribution in [0.4, 0.5) is 0 Å². The Labute approximate surface area is 77.5 Å². The third-order valence-corrected chi connectivity index (χ3v) is 0. The molecule has 6 heteroatoms. The van der Waals surface area contributed by atoms with E-state index in [0.717, 1.165) is 0 Å². The molecule has 0 aromatic carbocycles. The summed E-state index contributed by atoms with van der Waals surface area (Å²) in [5, 5.41) is 0. The molecule has 0 heterocycles. The Morgan fingerprint density at radius 2 is 0.500 bits per heavy atom. The molecule has 0 saturated heterocycles. The third kappa shape index (κ3) is 39.7. The number of hydrogen-bond donors (Lipinski definition) is 0. The van der Waals surface area contributed by atoms with Gasteiger partial charge < -0.3 is 16.4 Å². The summed E-state index contributed by atoms with van der Waals surface area (Å²) in [5.74, 6) is 0. The molecule has 6 heavy (non-hydrogen) atoms. The van der Waals surface area contributed by atoms with E-state index < -0.39 is 0 Å². The van der Waals surface area contributed by atoms with Gasteiger partial charge in [-0.1, -0.05) is 0 Å². The van der Waals surface area contributed by atoms with Crippen molar-refractivity contribution < 1.29 is 54.1 Å². The summed E-state index contributed by atoms with van der Waals surface area (Å²) in [5.41, 5.74) is 0. The fourth-order valence-electron chi connectivity index (χ4n) is 0. The minimum absolute atomic E-state index is 0. The van der Waals surface area contributed by atoms with Crippen molar-refractivity contribution in [1.82, 2.24) is 0 Å². The van der Waals surface area contributed by atoms with Crippen LogP contribution >= 0.6 is 0 Å². The summed E-state index contributed by atoms with van der Waals surface area (Å²) in [4.78, 5) is 0. The first kappa shape index (κ1) is 106. The van der Waals surface area contributed by atoms with Crippen molar-refractivity contribution in [2.75, 3.05) is 0 Å². The van der Waals surface area contributed by atoms with Crippen LogP contribution in [0.25, 0.3) is 0 Å². The van der Waals surface area contributed by atoms with Gasteiger partial charge >= 0.3 is 61.6 Å². The van der Waals surface area contributed by atoms with E-state index in [1.807, 2.05) is 0 Å². The molecule has 0 radical (unpaired) electrons. The van der Waals surface area contributed by atoms with Gasteiger partial charge in [-0.25, -0.2) is 0 Å². The van der Waals surface area contributed by atoms with Gasteiger partial charge in [0, 0.05) is 0 Å². The van der Waals surface area contributed by atoms with Crippen molar-refractivity contribution in [3.05, 3.63) is 0 Å². The van der Waals surface area contributed by atoms with Gasteiger partial charge in [0.05, 0.1) is 0 Å².